The van der Waals surface area contributed by atoms with Crippen molar-refractivity contribution in [3.8, 4) is 5.75 Å². The van der Waals surface area contributed by atoms with E-state index in [1.54, 1.807) is 24.3 Å². The van der Waals surface area contributed by atoms with E-state index in [-0.39, 0.29) is 0 Å². The Balaban J connectivity index is 1.58. The summed E-state index contributed by atoms with van der Waals surface area (Å²) in [6, 6.07) is 16.9. The molecule has 0 bridgehead atoms. The molecule has 2 aromatic rings. The first-order valence-corrected chi connectivity index (χ1v) is 9.62. The molecular formula is C18H22N2O3S. The van der Waals surface area contributed by atoms with Gasteiger partial charge in [-0.05, 0) is 42.7 Å². The van der Waals surface area contributed by atoms with Crippen LogP contribution in [0.4, 0.5) is 5.69 Å². The summed E-state index contributed by atoms with van der Waals surface area (Å²) >= 11 is 0. The molecule has 1 N–H and O–H groups in total. The maximum Gasteiger partial charge on any atom is 0.301 e. The number of anilines is 1. The number of nitrogens with one attached hydrogen (secondary N) is 1. The molecular weight excluding hydrogens is 324 g/mol. The van der Waals surface area contributed by atoms with Crippen molar-refractivity contribution in [1.82, 2.24) is 4.31 Å². The van der Waals surface area contributed by atoms with Gasteiger partial charge in [-0.2, -0.15) is 12.7 Å². The molecule has 0 aromatic heterocycles. The number of piperidine rings is 1. The second-order valence-electron chi connectivity index (χ2n) is 5.87. The van der Waals surface area contributed by atoms with Gasteiger partial charge in [-0.1, -0.05) is 36.8 Å². The number of benzene rings is 2. The Labute approximate surface area is 143 Å². The highest BCUT2D eigenvalue weighted by molar-refractivity contribution is 7.90. The minimum atomic E-state index is -3.46. The minimum Gasteiger partial charge on any atom is -0.489 e. The number of nitrogens with zero attached hydrogens (tertiary/aromatic N) is 1. The van der Waals surface area contributed by atoms with Crippen LogP contribution in [-0.4, -0.2) is 25.8 Å². The van der Waals surface area contributed by atoms with Gasteiger partial charge in [-0.25, -0.2) is 0 Å². The van der Waals surface area contributed by atoms with E-state index in [0.29, 0.717) is 31.1 Å². The molecule has 0 saturated carbocycles. The second-order valence-corrected chi connectivity index (χ2v) is 7.54. The van der Waals surface area contributed by atoms with Crippen molar-refractivity contribution in [1.29, 1.82) is 0 Å². The van der Waals surface area contributed by atoms with Crippen LogP contribution in [0, 0.1) is 0 Å². The van der Waals surface area contributed by atoms with Crippen LogP contribution in [0.2, 0.25) is 0 Å². The molecule has 0 aliphatic carbocycles. The number of ether oxygens (including phenoxy) is 1. The van der Waals surface area contributed by atoms with Crippen molar-refractivity contribution < 1.29 is 13.2 Å². The summed E-state index contributed by atoms with van der Waals surface area (Å²) in [5, 5.41) is 0. The Bertz CT molecular complexity index is 740. The molecule has 0 amide bonds. The fourth-order valence-electron chi connectivity index (χ4n) is 2.68. The van der Waals surface area contributed by atoms with E-state index in [2.05, 4.69) is 4.72 Å². The fraction of sp³-hybridized carbons (Fsp3) is 0.333. The normalized spacial score (nSPS) is 15.8. The van der Waals surface area contributed by atoms with Gasteiger partial charge in [0.1, 0.15) is 12.4 Å². The maximum absolute atomic E-state index is 12.3. The summed E-state index contributed by atoms with van der Waals surface area (Å²) in [7, 11) is -3.46. The quantitative estimate of drug-likeness (QED) is 0.872. The third-order valence-corrected chi connectivity index (χ3v) is 5.54. The van der Waals surface area contributed by atoms with Crippen LogP contribution in [0.25, 0.3) is 0 Å². The largest absolute Gasteiger partial charge is 0.489 e. The molecule has 1 fully saturated rings. The van der Waals surface area contributed by atoms with E-state index in [1.165, 1.54) is 4.31 Å². The number of hydrogen-bond acceptors (Lipinski definition) is 3. The number of rotatable bonds is 6. The molecule has 2 aromatic carbocycles. The van der Waals surface area contributed by atoms with Crippen molar-refractivity contribution in [3.05, 3.63) is 60.2 Å². The van der Waals surface area contributed by atoms with Gasteiger partial charge in [0.05, 0.1) is 5.69 Å². The zero-order valence-corrected chi connectivity index (χ0v) is 14.3. The molecule has 1 aliphatic rings. The predicted molar refractivity (Wildman–Crippen MR) is 95.2 cm³/mol. The van der Waals surface area contributed by atoms with Gasteiger partial charge in [0.25, 0.3) is 0 Å². The molecule has 0 radical (unpaired) electrons. The molecule has 1 aliphatic heterocycles. The van der Waals surface area contributed by atoms with E-state index < -0.39 is 10.2 Å². The standard InChI is InChI=1S/C18H22N2O3S/c21-24(22,20-13-5-2-6-14-20)19-17-9-11-18(12-10-17)23-15-16-7-3-1-4-8-16/h1,3-4,7-12,19H,2,5-6,13-15H2. The Morgan fingerprint density at radius 1 is 0.917 bits per heavy atom. The van der Waals surface area contributed by atoms with Gasteiger partial charge in [0, 0.05) is 13.1 Å². The molecule has 3 rings (SSSR count). The zero-order valence-electron chi connectivity index (χ0n) is 13.5. The Morgan fingerprint density at radius 2 is 1.58 bits per heavy atom. The van der Waals surface area contributed by atoms with Crippen LogP contribution in [0.3, 0.4) is 0 Å². The third-order valence-electron chi connectivity index (χ3n) is 4.00. The topological polar surface area (TPSA) is 58.6 Å². The second kappa shape index (κ2) is 7.68. The highest BCUT2D eigenvalue weighted by Gasteiger charge is 2.23. The van der Waals surface area contributed by atoms with Crippen LogP contribution in [0.15, 0.2) is 54.6 Å². The summed E-state index contributed by atoms with van der Waals surface area (Å²) in [6.07, 6.45) is 2.94. The van der Waals surface area contributed by atoms with Gasteiger partial charge in [0.15, 0.2) is 0 Å². The third kappa shape index (κ3) is 4.49. The SMILES string of the molecule is O=S(=O)(Nc1ccc(OCc2ccccc2)cc1)N1CCCCC1. The van der Waals surface area contributed by atoms with Gasteiger partial charge in [-0.15, -0.1) is 0 Å². The predicted octanol–water partition coefficient (Wildman–Crippen LogP) is 3.41. The Hall–Kier alpha value is -2.05. The molecule has 1 heterocycles. The van der Waals surface area contributed by atoms with Crippen molar-refractivity contribution >= 4 is 15.9 Å². The van der Waals surface area contributed by atoms with Crippen LogP contribution in [-0.2, 0) is 16.8 Å². The Morgan fingerprint density at radius 3 is 2.25 bits per heavy atom. The summed E-state index contributed by atoms with van der Waals surface area (Å²) in [5.41, 5.74) is 1.64. The fourth-order valence-corrected chi connectivity index (χ4v) is 3.98. The molecule has 0 atom stereocenters. The number of hydrogen-bond donors (Lipinski definition) is 1. The zero-order chi connectivity index (χ0) is 16.8. The van der Waals surface area contributed by atoms with Crippen molar-refractivity contribution in [2.75, 3.05) is 17.8 Å². The molecule has 0 spiro atoms. The van der Waals surface area contributed by atoms with E-state index in [1.807, 2.05) is 30.3 Å². The lowest BCUT2D eigenvalue weighted by Crippen LogP contribution is -2.39. The van der Waals surface area contributed by atoms with E-state index >= 15 is 0 Å². The summed E-state index contributed by atoms with van der Waals surface area (Å²) in [5.74, 6) is 0.708. The average molecular weight is 346 g/mol. The molecule has 0 unspecified atom stereocenters. The van der Waals surface area contributed by atoms with E-state index in [4.69, 9.17) is 4.74 Å². The molecule has 5 nitrogen and oxygen atoms in total. The highest BCUT2D eigenvalue weighted by atomic mass is 32.2. The van der Waals surface area contributed by atoms with Gasteiger partial charge in [-0.3, -0.25) is 4.72 Å². The molecule has 1 saturated heterocycles. The van der Waals surface area contributed by atoms with Crippen LogP contribution < -0.4 is 9.46 Å². The first kappa shape index (κ1) is 16.8. The monoisotopic (exact) mass is 346 g/mol. The lowest BCUT2D eigenvalue weighted by molar-refractivity contribution is 0.306. The van der Waals surface area contributed by atoms with Crippen LogP contribution >= 0.6 is 0 Å². The first-order chi connectivity index (χ1) is 11.6. The lowest BCUT2D eigenvalue weighted by atomic mass is 10.2. The van der Waals surface area contributed by atoms with Gasteiger partial charge >= 0.3 is 10.2 Å². The first-order valence-electron chi connectivity index (χ1n) is 8.18. The van der Waals surface area contributed by atoms with Crippen molar-refractivity contribution in [2.24, 2.45) is 0 Å². The maximum atomic E-state index is 12.3. The molecule has 24 heavy (non-hydrogen) atoms. The summed E-state index contributed by atoms with van der Waals surface area (Å²) < 4.78 is 34.5. The van der Waals surface area contributed by atoms with Gasteiger partial charge in [0.2, 0.25) is 0 Å². The molecule has 128 valence electrons. The summed E-state index contributed by atoms with van der Waals surface area (Å²) in [4.78, 5) is 0. The molecule has 6 heteroatoms. The van der Waals surface area contributed by atoms with Crippen molar-refractivity contribution in [3.63, 3.8) is 0 Å². The van der Waals surface area contributed by atoms with Crippen molar-refractivity contribution in [2.45, 2.75) is 25.9 Å². The average Bonchev–Trinajstić information content (AvgIpc) is 2.62. The van der Waals surface area contributed by atoms with E-state index in [0.717, 1.165) is 24.8 Å². The van der Waals surface area contributed by atoms with Crippen LogP contribution in [0.5, 0.6) is 5.75 Å². The van der Waals surface area contributed by atoms with Gasteiger partial charge < -0.3 is 4.74 Å². The minimum absolute atomic E-state index is 0.486. The summed E-state index contributed by atoms with van der Waals surface area (Å²) in [6.45, 7) is 1.67. The van der Waals surface area contributed by atoms with Crippen LogP contribution in [0.1, 0.15) is 24.8 Å². The lowest BCUT2D eigenvalue weighted by Gasteiger charge is -2.26. The Kier molecular flexibility index (Phi) is 5.37. The smallest absolute Gasteiger partial charge is 0.301 e. The highest BCUT2D eigenvalue weighted by Crippen LogP contribution is 2.20. The van der Waals surface area contributed by atoms with E-state index in [9.17, 15) is 8.42 Å².